The van der Waals surface area contributed by atoms with Gasteiger partial charge in [-0.15, -0.1) is 0 Å². The number of nitrogens with zero attached hydrogens (tertiary/aromatic N) is 5. The average Bonchev–Trinajstić information content (AvgIpc) is 3.21. The second kappa shape index (κ2) is 5.80. The average molecular weight is 358 g/mol. The fourth-order valence-corrected chi connectivity index (χ4v) is 3.04. The lowest BCUT2D eigenvalue weighted by Crippen LogP contribution is -2.20. The van der Waals surface area contributed by atoms with Gasteiger partial charge in [-0.1, -0.05) is 12.1 Å². The molecule has 2 aromatic carbocycles. The predicted molar refractivity (Wildman–Crippen MR) is 101 cm³/mol. The van der Waals surface area contributed by atoms with Crippen LogP contribution in [0.2, 0.25) is 0 Å². The highest BCUT2D eigenvalue weighted by atomic mass is 16.4. The zero-order valence-electron chi connectivity index (χ0n) is 14.3. The Balaban J connectivity index is 1.50. The van der Waals surface area contributed by atoms with Gasteiger partial charge in [-0.25, -0.2) is 19.3 Å². The molecule has 0 radical (unpaired) electrons. The maximum absolute atomic E-state index is 12.6. The van der Waals surface area contributed by atoms with Crippen LogP contribution in [0.15, 0.2) is 70.3 Å². The third kappa shape index (κ3) is 2.46. The molecular weight excluding hydrogens is 344 g/mol. The molecule has 5 aromatic rings. The van der Waals surface area contributed by atoms with E-state index in [0.717, 1.165) is 16.8 Å². The SMILES string of the molecule is Cn1c(=O)n(-c2ccc(Nc3nc4ccccc4o3)cc2)c2ncncc21. The van der Waals surface area contributed by atoms with Crippen molar-refractivity contribution >= 4 is 34.0 Å². The van der Waals surface area contributed by atoms with E-state index in [1.165, 1.54) is 10.9 Å². The molecule has 132 valence electrons. The molecule has 0 amide bonds. The summed E-state index contributed by atoms with van der Waals surface area (Å²) >= 11 is 0. The molecule has 0 spiro atoms. The summed E-state index contributed by atoms with van der Waals surface area (Å²) in [4.78, 5) is 25.2. The largest absolute Gasteiger partial charge is 0.423 e. The highest BCUT2D eigenvalue weighted by Crippen LogP contribution is 2.23. The second-order valence-electron chi connectivity index (χ2n) is 6.07. The van der Waals surface area contributed by atoms with Crippen LogP contribution in [0.1, 0.15) is 0 Å². The Morgan fingerprint density at radius 2 is 1.89 bits per heavy atom. The van der Waals surface area contributed by atoms with Crippen LogP contribution in [0.5, 0.6) is 0 Å². The zero-order valence-corrected chi connectivity index (χ0v) is 14.3. The number of aromatic nitrogens is 5. The van der Waals surface area contributed by atoms with Gasteiger partial charge in [-0.2, -0.15) is 4.98 Å². The van der Waals surface area contributed by atoms with Gasteiger partial charge in [0, 0.05) is 12.7 Å². The molecule has 8 nitrogen and oxygen atoms in total. The summed E-state index contributed by atoms with van der Waals surface area (Å²) in [6.45, 7) is 0. The van der Waals surface area contributed by atoms with E-state index < -0.39 is 0 Å². The molecule has 0 unspecified atom stereocenters. The Hall–Kier alpha value is -3.94. The van der Waals surface area contributed by atoms with Crippen molar-refractivity contribution in [3.63, 3.8) is 0 Å². The van der Waals surface area contributed by atoms with Gasteiger partial charge in [-0.05, 0) is 36.4 Å². The first kappa shape index (κ1) is 15.3. The van der Waals surface area contributed by atoms with Gasteiger partial charge in [0.25, 0.3) is 6.01 Å². The predicted octanol–water partition coefficient (Wildman–Crippen LogP) is 3.00. The Kier molecular flexibility index (Phi) is 3.29. The van der Waals surface area contributed by atoms with Crippen LogP contribution >= 0.6 is 0 Å². The van der Waals surface area contributed by atoms with Crippen molar-refractivity contribution in [1.82, 2.24) is 24.1 Å². The fraction of sp³-hybridized carbons (Fsp3) is 0.0526. The van der Waals surface area contributed by atoms with Gasteiger partial charge in [0.2, 0.25) is 0 Å². The van der Waals surface area contributed by atoms with Crippen molar-refractivity contribution in [1.29, 1.82) is 0 Å². The fourth-order valence-electron chi connectivity index (χ4n) is 3.04. The van der Waals surface area contributed by atoms with Crippen LogP contribution in [-0.4, -0.2) is 24.1 Å². The minimum atomic E-state index is -0.176. The van der Waals surface area contributed by atoms with E-state index in [1.54, 1.807) is 17.8 Å². The number of fused-ring (bicyclic) bond motifs is 2. The number of para-hydroxylation sites is 2. The number of aryl methyl sites for hydroxylation is 1. The van der Waals surface area contributed by atoms with Crippen LogP contribution in [0.25, 0.3) is 28.0 Å². The molecule has 0 aliphatic heterocycles. The molecule has 0 aliphatic rings. The van der Waals surface area contributed by atoms with Gasteiger partial charge < -0.3 is 9.73 Å². The number of imidazole rings is 1. The normalized spacial score (nSPS) is 11.3. The lowest BCUT2D eigenvalue weighted by atomic mass is 10.3. The van der Waals surface area contributed by atoms with E-state index >= 15 is 0 Å². The highest BCUT2D eigenvalue weighted by Gasteiger charge is 2.13. The van der Waals surface area contributed by atoms with E-state index in [1.807, 2.05) is 48.5 Å². The number of rotatable bonds is 3. The first-order valence-corrected chi connectivity index (χ1v) is 8.31. The quantitative estimate of drug-likeness (QED) is 0.533. The van der Waals surface area contributed by atoms with E-state index in [9.17, 15) is 4.79 Å². The Labute approximate surface area is 152 Å². The van der Waals surface area contributed by atoms with E-state index in [0.29, 0.717) is 22.9 Å². The van der Waals surface area contributed by atoms with Crippen LogP contribution < -0.4 is 11.0 Å². The summed E-state index contributed by atoms with van der Waals surface area (Å²) in [7, 11) is 1.70. The Morgan fingerprint density at radius 1 is 1.07 bits per heavy atom. The first-order chi connectivity index (χ1) is 13.2. The van der Waals surface area contributed by atoms with Crippen LogP contribution in [0.4, 0.5) is 11.7 Å². The number of anilines is 2. The molecule has 1 N–H and O–H groups in total. The Bertz CT molecular complexity index is 1300. The molecule has 8 heteroatoms. The van der Waals surface area contributed by atoms with Crippen LogP contribution in [-0.2, 0) is 7.05 Å². The molecule has 0 atom stereocenters. The lowest BCUT2D eigenvalue weighted by Gasteiger charge is -2.05. The summed E-state index contributed by atoms with van der Waals surface area (Å²) in [5, 5.41) is 3.13. The number of benzene rings is 2. The van der Waals surface area contributed by atoms with Crippen molar-refractivity contribution in [2.75, 3.05) is 5.32 Å². The number of hydrogen-bond acceptors (Lipinski definition) is 6. The molecule has 3 aromatic heterocycles. The second-order valence-corrected chi connectivity index (χ2v) is 6.07. The maximum atomic E-state index is 12.6. The minimum absolute atomic E-state index is 0.176. The molecule has 27 heavy (non-hydrogen) atoms. The minimum Gasteiger partial charge on any atom is -0.423 e. The maximum Gasteiger partial charge on any atom is 0.334 e. The monoisotopic (exact) mass is 358 g/mol. The summed E-state index contributed by atoms with van der Waals surface area (Å²) in [5.74, 6) is 0. The van der Waals surface area contributed by atoms with Crippen molar-refractivity contribution in [2.45, 2.75) is 0 Å². The van der Waals surface area contributed by atoms with E-state index in [2.05, 4.69) is 20.3 Å². The summed E-state index contributed by atoms with van der Waals surface area (Å²) in [6.07, 6.45) is 3.06. The van der Waals surface area contributed by atoms with Crippen LogP contribution in [0.3, 0.4) is 0 Å². The highest BCUT2D eigenvalue weighted by molar-refractivity contribution is 5.75. The van der Waals surface area contributed by atoms with Crippen molar-refractivity contribution in [2.24, 2.45) is 7.05 Å². The van der Waals surface area contributed by atoms with Gasteiger partial charge in [0.15, 0.2) is 11.2 Å². The molecule has 3 heterocycles. The van der Waals surface area contributed by atoms with Gasteiger partial charge in [0.1, 0.15) is 17.4 Å². The molecule has 0 saturated heterocycles. The van der Waals surface area contributed by atoms with Crippen molar-refractivity contribution in [3.8, 4) is 5.69 Å². The van der Waals surface area contributed by atoms with E-state index in [-0.39, 0.29) is 5.69 Å². The van der Waals surface area contributed by atoms with Crippen molar-refractivity contribution in [3.05, 3.63) is 71.5 Å². The smallest absolute Gasteiger partial charge is 0.334 e. The van der Waals surface area contributed by atoms with Gasteiger partial charge in [-0.3, -0.25) is 4.57 Å². The summed E-state index contributed by atoms with van der Waals surface area (Å²) in [6, 6.07) is 15.4. The molecule has 0 fully saturated rings. The molecule has 0 bridgehead atoms. The molecule has 5 rings (SSSR count). The first-order valence-electron chi connectivity index (χ1n) is 8.31. The topological polar surface area (TPSA) is 90.8 Å². The number of hydrogen-bond donors (Lipinski definition) is 1. The third-order valence-corrected chi connectivity index (χ3v) is 4.39. The standard InChI is InChI=1S/C19H14N6O2/c1-24-15-10-20-11-21-17(15)25(19(24)26)13-8-6-12(7-9-13)22-18-23-14-4-2-3-5-16(14)27-18/h2-11H,1H3,(H,22,23). The molecule has 0 aliphatic carbocycles. The van der Waals surface area contributed by atoms with Gasteiger partial charge >= 0.3 is 5.69 Å². The Morgan fingerprint density at radius 3 is 2.70 bits per heavy atom. The number of oxazole rings is 1. The molecular formula is C19H14N6O2. The lowest BCUT2D eigenvalue weighted by molar-refractivity contribution is 0.623. The third-order valence-electron chi connectivity index (χ3n) is 4.39. The summed E-state index contributed by atoms with van der Waals surface area (Å²) < 4.78 is 8.75. The zero-order chi connectivity index (χ0) is 18.4. The van der Waals surface area contributed by atoms with Crippen molar-refractivity contribution < 1.29 is 4.42 Å². The summed E-state index contributed by atoms with van der Waals surface area (Å²) in [5.41, 5.74) is 4.09. The van der Waals surface area contributed by atoms with Crippen LogP contribution in [0, 0.1) is 0 Å². The number of nitrogens with one attached hydrogen (secondary N) is 1. The van der Waals surface area contributed by atoms with E-state index in [4.69, 9.17) is 4.42 Å². The van der Waals surface area contributed by atoms with Gasteiger partial charge in [0.05, 0.1) is 11.9 Å². The molecule has 0 saturated carbocycles.